The lowest BCUT2D eigenvalue weighted by molar-refractivity contribution is -0.176. The van der Waals surface area contributed by atoms with E-state index in [4.69, 9.17) is 5.11 Å². The highest BCUT2D eigenvalue weighted by molar-refractivity contribution is 5.66. The maximum Gasteiger partial charge on any atom is 0.303 e. The fraction of sp³-hybridized carbons (Fsp3) is 0.364. The Hall–Kier alpha value is -1.39. The number of aliphatic carboxylic acids is 1. The third-order valence-electron chi connectivity index (χ3n) is 2.15. The second-order valence-electron chi connectivity index (χ2n) is 3.43. The first-order chi connectivity index (χ1) is 7.02. The third kappa shape index (κ3) is 3.69. The highest BCUT2D eigenvalue weighted by Crippen LogP contribution is 2.23. The number of carboxylic acid groups (broad SMARTS) is 1. The topological polar surface area (TPSA) is 77.8 Å². The Morgan fingerprint density at radius 2 is 1.80 bits per heavy atom. The first-order valence-electron chi connectivity index (χ1n) is 4.74. The van der Waals surface area contributed by atoms with Crippen molar-refractivity contribution in [1.82, 2.24) is 0 Å². The molecule has 1 rings (SSSR count). The molecule has 1 aromatic carbocycles. The van der Waals surface area contributed by atoms with Crippen LogP contribution < -0.4 is 0 Å². The van der Waals surface area contributed by atoms with Crippen LogP contribution in [0, 0.1) is 0 Å². The summed E-state index contributed by atoms with van der Waals surface area (Å²) in [6.07, 6.45) is 0.191. The van der Waals surface area contributed by atoms with Gasteiger partial charge >= 0.3 is 5.97 Å². The quantitative estimate of drug-likeness (QED) is 0.635. The van der Waals surface area contributed by atoms with Gasteiger partial charge < -0.3 is 15.3 Å². The average Bonchev–Trinajstić information content (AvgIpc) is 2.18. The number of rotatable bonds is 5. The molecule has 0 amide bonds. The van der Waals surface area contributed by atoms with E-state index in [9.17, 15) is 15.0 Å². The fourth-order valence-electron chi connectivity index (χ4n) is 1.34. The van der Waals surface area contributed by atoms with Gasteiger partial charge in [-0.2, -0.15) is 0 Å². The SMILES string of the molecule is O=C(O)CCCC(O)(O)c1ccccc1. The minimum Gasteiger partial charge on any atom is -0.481 e. The zero-order chi connectivity index (χ0) is 11.3. The van der Waals surface area contributed by atoms with Gasteiger partial charge in [0.25, 0.3) is 0 Å². The van der Waals surface area contributed by atoms with Gasteiger partial charge in [0.05, 0.1) is 0 Å². The van der Waals surface area contributed by atoms with Gasteiger partial charge in [0.15, 0.2) is 5.79 Å². The summed E-state index contributed by atoms with van der Waals surface area (Å²) in [6, 6.07) is 8.37. The smallest absolute Gasteiger partial charge is 0.303 e. The molecule has 3 N–H and O–H groups in total. The van der Waals surface area contributed by atoms with Crippen molar-refractivity contribution < 1.29 is 20.1 Å². The molecule has 82 valence electrons. The van der Waals surface area contributed by atoms with Gasteiger partial charge in [0.2, 0.25) is 0 Å². The van der Waals surface area contributed by atoms with Crippen LogP contribution in [-0.4, -0.2) is 21.3 Å². The lowest BCUT2D eigenvalue weighted by Gasteiger charge is -2.21. The zero-order valence-electron chi connectivity index (χ0n) is 8.26. The van der Waals surface area contributed by atoms with Crippen LogP contribution in [0.2, 0.25) is 0 Å². The molecule has 0 aliphatic carbocycles. The molecule has 4 heteroatoms. The van der Waals surface area contributed by atoms with Gasteiger partial charge in [-0.25, -0.2) is 0 Å². The molecule has 0 unspecified atom stereocenters. The van der Waals surface area contributed by atoms with Gasteiger partial charge in [0, 0.05) is 18.4 Å². The summed E-state index contributed by atoms with van der Waals surface area (Å²) in [5.74, 6) is -2.87. The van der Waals surface area contributed by atoms with Crippen LogP contribution >= 0.6 is 0 Å². The van der Waals surface area contributed by atoms with Gasteiger partial charge in [-0.1, -0.05) is 30.3 Å². The molecule has 0 saturated heterocycles. The van der Waals surface area contributed by atoms with Crippen molar-refractivity contribution in [1.29, 1.82) is 0 Å². The predicted octanol–water partition coefficient (Wildman–Crippen LogP) is 1.08. The third-order valence-corrected chi connectivity index (χ3v) is 2.15. The molecule has 0 aliphatic heterocycles. The zero-order valence-corrected chi connectivity index (χ0v) is 8.26. The lowest BCUT2D eigenvalue weighted by Crippen LogP contribution is -2.24. The van der Waals surface area contributed by atoms with Crippen LogP contribution in [0.25, 0.3) is 0 Å². The van der Waals surface area contributed by atoms with Crippen molar-refractivity contribution in [2.45, 2.75) is 25.0 Å². The van der Waals surface area contributed by atoms with E-state index in [0.29, 0.717) is 5.56 Å². The molecule has 0 aromatic heterocycles. The van der Waals surface area contributed by atoms with Crippen molar-refractivity contribution in [3.05, 3.63) is 35.9 Å². The number of hydrogen-bond donors (Lipinski definition) is 3. The molecule has 0 radical (unpaired) electrons. The standard InChI is InChI=1S/C11H14O4/c12-10(13)7-4-8-11(14,15)9-5-2-1-3-6-9/h1-3,5-6,14-15H,4,7-8H2,(H,12,13). The second kappa shape index (κ2) is 4.91. The summed E-state index contributed by atoms with van der Waals surface area (Å²) in [6.45, 7) is 0. The van der Waals surface area contributed by atoms with E-state index in [1.807, 2.05) is 0 Å². The Kier molecular flexibility index (Phi) is 3.82. The average molecular weight is 210 g/mol. The van der Waals surface area contributed by atoms with Crippen molar-refractivity contribution in [2.24, 2.45) is 0 Å². The van der Waals surface area contributed by atoms with E-state index < -0.39 is 11.8 Å². The molecule has 1 aromatic rings. The first kappa shape index (κ1) is 11.7. The summed E-state index contributed by atoms with van der Waals surface area (Å²) in [4.78, 5) is 10.3. The minimum absolute atomic E-state index is 0.0172. The van der Waals surface area contributed by atoms with Crippen LogP contribution in [0.4, 0.5) is 0 Å². The monoisotopic (exact) mass is 210 g/mol. The predicted molar refractivity (Wildman–Crippen MR) is 54.0 cm³/mol. The van der Waals surface area contributed by atoms with E-state index >= 15 is 0 Å². The van der Waals surface area contributed by atoms with Crippen molar-refractivity contribution in [3.63, 3.8) is 0 Å². The maximum absolute atomic E-state index is 10.3. The van der Waals surface area contributed by atoms with Crippen LogP contribution in [0.1, 0.15) is 24.8 Å². The Balaban J connectivity index is 2.56. The van der Waals surface area contributed by atoms with Crippen molar-refractivity contribution in [3.8, 4) is 0 Å². The summed E-state index contributed by atoms with van der Waals surface area (Å²) in [5.41, 5.74) is 0.385. The molecule has 0 fully saturated rings. The Labute approximate surface area is 87.8 Å². The lowest BCUT2D eigenvalue weighted by atomic mass is 10.00. The molecule has 0 spiro atoms. The highest BCUT2D eigenvalue weighted by Gasteiger charge is 2.24. The van der Waals surface area contributed by atoms with Crippen LogP contribution in [0.15, 0.2) is 30.3 Å². The normalized spacial score (nSPS) is 11.3. The van der Waals surface area contributed by atoms with E-state index in [-0.39, 0.29) is 19.3 Å². The number of carboxylic acids is 1. The number of benzene rings is 1. The van der Waals surface area contributed by atoms with Gasteiger partial charge in [0.1, 0.15) is 0 Å². The number of aliphatic hydroxyl groups is 2. The molecule has 0 saturated carbocycles. The van der Waals surface area contributed by atoms with Crippen LogP contribution in [0.3, 0.4) is 0 Å². The molecule has 0 aliphatic rings. The molecule has 0 atom stereocenters. The van der Waals surface area contributed by atoms with E-state index in [1.54, 1.807) is 30.3 Å². The largest absolute Gasteiger partial charge is 0.481 e. The molecule has 4 nitrogen and oxygen atoms in total. The molecule has 15 heavy (non-hydrogen) atoms. The molecular weight excluding hydrogens is 196 g/mol. The maximum atomic E-state index is 10.3. The number of hydrogen-bond acceptors (Lipinski definition) is 3. The first-order valence-corrected chi connectivity index (χ1v) is 4.74. The minimum atomic E-state index is -1.93. The van der Waals surface area contributed by atoms with Crippen LogP contribution in [0.5, 0.6) is 0 Å². The van der Waals surface area contributed by atoms with Crippen molar-refractivity contribution in [2.75, 3.05) is 0 Å². The van der Waals surface area contributed by atoms with E-state index in [0.717, 1.165) is 0 Å². The van der Waals surface area contributed by atoms with Gasteiger partial charge in [-0.3, -0.25) is 4.79 Å². The van der Waals surface area contributed by atoms with Crippen molar-refractivity contribution >= 4 is 5.97 Å². The van der Waals surface area contributed by atoms with Gasteiger partial charge in [-0.05, 0) is 6.42 Å². The van der Waals surface area contributed by atoms with E-state index in [1.165, 1.54) is 0 Å². The van der Waals surface area contributed by atoms with E-state index in [2.05, 4.69) is 0 Å². The summed E-state index contributed by atoms with van der Waals surface area (Å²) >= 11 is 0. The highest BCUT2D eigenvalue weighted by atomic mass is 16.5. The molecule has 0 heterocycles. The summed E-state index contributed by atoms with van der Waals surface area (Å²) in [7, 11) is 0. The summed E-state index contributed by atoms with van der Waals surface area (Å²) in [5, 5.41) is 27.7. The molecule has 0 bridgehead atoms. The van der Waals surface area contributed by atoms with Crippen LogP contribution in [-0.2, 0) is 10.6 Å². The Bertz CT molecular complexity index is 319. The second-order valence-corrected chi connectivity index (χ2v) is 3.43. The van der Waals surface area contributed by atoms with Gasteiger partial charge in [-0.15, -0.1) is 0 Å². The Morgan fingerprint density at radius 1 is 1.20 bits per heavy atom. The summed E-state index contributed by atoms with van der Waals surface area (Å²) < 4.78 is 0. The molecular formula is C11H14O4. The fourth-order valence-corrected chi connectivity index (χ4v) is 1.34. The number of carbonyl (C=O) groups is 1. The Morgan fingerprint density at radius 3 is 2.33 bits per heavy atom.